The van der Waals surface area contributed by atoms with Crippen molar-refractivity contribution in [1.29, 1.82) is 0 Å². The molecule has 5 heterocycles. The third kappa shape index (κ3) is 4.33. The van der Waals surface area contributed by atoms with Crippen LogP contribution in [0.15, 0.2) is 47.9 Å². The highest BCUT2D eigenvalue weighted by Crippen LogP contribution is 2.43. The van der Waals surface area contributed by atoms with Crippen LogP contribution in [0.3, 0.4) is 0 Å². The Morgan fingerprint density at radius 1 is 1.35 bits per heavy atom. The number of nitrogens with one attached hydrogen (secondary N) is 2. The first kappa shape index (κ1) is 23.2. The molecular weight excluding hydrogens is 508 g/mol. The van der Waals surface area contributed by atoms with E-state index >= 15 is 0 Å². The summed E-state index contributed by atoms with van der Waals surface area (Å²) in [5.74, 6) is -0.326. The van der Waals surface area contributed by atoms with Crippen LogP contribution in [0.1, 0.15) is 22.8 Å². The van der Waals surface area contributed by atoms with E-state index in [4.69, 9.17) is 9.47 Å². The second kappa shape index (κ2) is 9.35. The van der Waals surface area contributed by atoms with Crippen molar-refractivity contribution in [3.05, 3.63) is 48.5 Å². The smallest absolute Gasteiger partial charge is 0.387 e. The molecule has 4 aromatic rings. The van der Waals surface area contributed by atoms with Gasteiger partial charge in [0.05, 0.1) is 30.4 Å². The maximum absolute atomic E-state index is 13.4. The third-order valence-corrected chi connectivity index (χ3v) is 7.02. The van der Waals surface area contributed by atoms with Gasteiger partial charge >= 0.3 is 12.6 Å². The van der Waals surface area contributed by atoms with Gasteiger partial charge in [-0.2, -0.15) is 19.0 Å². The number of anilines is 2. The van der Waals surface area contributed by atoms with Crippen molar-refractivity contribution >= 4 is 40.7 Å². The van der Waals surface area contributed by atoms with E-state index in [9.17, 15) is 18.4 Å². The van der Waals surface area contributed by atoms with E-state index in [0.717, 1.165) is 10.6 Å². The van der Waals surface area contributed by atoms with E-state index in [2.05, 4.69) is 25.8 Å². The minimum Gasteiger partial charge on any atom is -0.464 e. The molecule has 14 heteroatoms. The lowest BCUT2D eigenvalue weighted by Crippen LogP contribution is -2.15. The Morgan fingerprint density at radius 2 is 2.24 bits per heavy atom. The van der Waals surface area contributed by atoms with Crippen molar-refractivity contribution in [2.45, 2.75) is 24.0 Å². The highest BCUT2D eigenvalue weighted by atomic mass is 32.2. The molecule has 0 aliphatic carbocycles. The molecule has 1 saturated heterocycles. The van der Waals surface area contributed by atoms with Gasteiger partial charge in [-0.25, -0.2) is 14.3 Å². The van der Waals surface area contributed by atoms with Crippen LogP contribution in [0.5, 0.6) is 5.75 Å². The summed E-state index contributed by atoms with van der Waals surface area (Å²) in [5, 5.41) is 14.6. The van der Waals surface area contributed by atoms with Gasteiger partial charge < -0.3 is 20.1 Å². The SMILES string of the molecule is O=C(Nc1cn([C@@H]2CCOC2=O)nc1-c1cc2c(cc1OC(F)F)NCCS2)c1cnn2cccnc12. The minimum absolute atomic E-state index is 0.115. The molecule has 6 rings (SSSR count). The molecule has 2 aliphatic heterocycles. The van der Waals surface area contributed by atoms with Crippen LogP contribution in [-0.2, 0) is 9.53 Å². The zero-order chi connectivity index (χ0) is 25.5. The Hall–Kier alpha value is -4.20. The number of alkyl halides is 2. The van der Waals surface area contributed by atoms with Crippen LogP contribution in [0.2, 0.25) is 0 Å². The molecule has 1 atom stereocenters. The molecule has 0 unspecified atom stereocenters. The number of aromatic nitrogens is 5. The first-order valence-electron chi connectivity index (χ1n) is 11.3. The first-order valence-corrected chi connectivity index (χ1v) is 12.3. The van der Waals surface area contributed by atoms with Crippen LogP contribution >= 0.6 is 11.8 Å². The number of hydrogen-bond donors (Lipinski definition) is 2. The van der Waals surface area contributed by atoms with Crippen LogP contribution in [0, 0.1) is 0 Å². The van der Waals surface area contributed by atoms with E-state index in [-0.39, 0.29) is 34.9 Å². The van der Waals surface area contributed by atoms with Gasteiger partial charge in [0.2, 0.25) is 0 Å². The fourth-order valence-electron chi connectivity index (χ4n) is 4.29. The molecule has 2 aliphatic rings. The van der Waals surface area contributed by atoms with Crippen molar-refractivity contribution in [3.63, 3.8) is 0 Å². The Bertz CT molecular complexity index is 1520. The lowest BCUT2D eigenvalue weighted by molar-refractivity contribution is -0.140. The van der Waals surface area contributed by atoms with Gasteiger partial charge in [-0.1, -0.05) is 0 Å². The predicted octanol–water partition coefficient (Wildman–Crippen LogP) is 3.45. The summed E-state index contributed by atoms with van der Waals surface area (Å²) in [6, 6.07) is 4.15. The van der Waals surface area contributed by atoms with E-state index in [1.165, 1.54) is 33.9 Å². The average molecular weight is 528 g/mol. The van der Waals surface area contributed by atoms with E-state index in [0.29, 0.717) is 24.3 Å². The summed E-state index contributed by atoms with van der Waals surface area (Å²) >= 11 is 1.56. The number of fused-ring (bicyclic) bond motifs is 2. The zero-order valence-electron chi connectivity index (χ0n) is 19.1. The molecule has 37 heavy (non-hydrogen) atoms. The highest BCUT2D eigenvalue weighted by Gasteiger charge is 2.32. The molecule has 11 nitrogen and oxygen atoms in total. The van der Waals surface area contributed by atoms with Gasteiger partial charge in [0.25, 0.3) is 5.91 Å². The second-order valence-electron chi connectivity index (χ2n) is 8.24. The highest BCUT2D eigenvalue weighted by molar-refractivity contribution is 7.99. The van der Waals surface area contributed by atoms with Crippen LogP contribution < -0.4 is 15.4 Å². The number of thioether (sulfide) groups is 1. The molecule has 1 aromatic carbocycles. The quantitative estimate of drug-likeness (QED) is 0.363. The Kier molecular flexibility index (Phi) is 5.87. The monoisotopic (exact) mass is 527 g/mol. The molecule has 3 aromatic heterocycles. The predicted molar refractivity (Wildman–Crippen MR) is 129 cm³/mol. The Morgan fingerprint density at radius 3 is 3.05 bits per heavy atom. The second-order valence-corrected chi connectivity index (χ2v) is 9.38. The van der Waals surface area contributed by atoms with Gasteiger partial charge in [0.15, 0.2) is 11.7 Å². The normalized spacial score (nSPS) is 16.9. The average Bonchev–Trinajstić information content (AvgIpc) is 3.61. The first-order chi connectivity index (χ1) is 18.0. The summed E-state index contributed by atoms with van der Waals surface area (Å²) in [6.07, 6.45) is 6.44. The molecule has 1 amide bonds. The van der Waals surface area contributed by atoms with Crippen molar-refractivity contribution in [2.24, 2.45) is 0 Å². The topological polar surface area (TPSA) is 125 Å². The fraction of sp³-hybridized carbons (Fsp3) is 0.261. The number of rotatable bonds is 6. The molecule has 0 saturated carbocycles. The minimum atomic E-state index is -3.08. The van der Waals surface area contributed by atoms with Gasteiger partial charge in [-0.3, -0.25) is 9.48 Å². The van der Waals surface area contributed by atoms with Crippen molar-refractivity contribution < 1.29 is 27.8 Å². The number of carbonyl (C=O) groups excluding carboxylic acids is 2. The van der Waals surface area contributed by atoms with Gasteiger partial charge in [-0.05, 0) is 12.1 Å². The maximum atomic E-state index is 13.4. The molecule has 190 valence electrons. The largest absolute Gasteiger partial charge is 0.464 e. The van der Waals surface area contributed by atoms with Gasteiger partial charge in [0.1, 0.15) is 17.0 Å². The molecule has 2 N–H and O–H groups in total. The van der Waals surface area contributed by atoms with E-state index < -0.39 is 24.5 Å². The van der Waals surface area contributed by atoms with Crippen LogP contribution in [0.25, 0.3) is 16.9 Å². The summed E-state index contributed by atoms with van der Waals surface area (Å²) in [5.41, 5.74) is 1.82. The summed E-state index contributed by atoms with van der Waals surface area (Å²) in [6.45, 7) is -2.17. The van der Waals surface area contributed by atoms with E-state index in [1.807, 2.05) is 0 Å². The van der Waals surface area contributed by atoms with Gasteiger partial charge in [-0.15, -0.1) is 11.8 Å². The number of hydrogen-bond acceptors (Lipinski definition) is 9. The lowest BCUT2D eigenvalue weighted by atomic mass is 10.1. The number of ether oxygens (including phenoxy) is 2. The van der Waals surface area contributed by atoms with Crippen molar-refractivity contribution in [1.82, 2.24) is 24.4 Å². The fourth-order valence-corrected chi connectivity index (χ4v) is 5.20. The third-order valence-electron chi connectivity index (χ3n) is 5.96. The number of carbonyl (C=O) groups is 2. The standard InChI is InChI=1S/C23H19F2N7O4S/c24-23(25)36-17-9-14-18(37-7-4-26-14)8-12(17)19-15(11-32(30-19)16-2-6-35-22(16)34)29-21(33)13-10-28-31-5-1-3-27-20(13)31/h1,3,5,8-11,16,23,26H,2,4,6-7H2,(H,29,33)/t16-/m1/s1. The van der Waals surface area contributed by atoms with Crippen LogP contribution in [-0.4, -0.2) is 61.8 Å². The summed E-state index contributed by atoms with van der Waals surface area (Å²) in [7, 11) is 0. The van der Waals surface area contributed by atoms with Crippen molar-refractivity contribution in [3.8, 4) is 17.0 Å². The van der Waals surface area contributed by atoms with Crippen LogP contribution in [0.4, 0.5) is 20.2 Å². The van der Waals surface area contributed by atoms with E-state index in [1.54, 1.807) is 30.1 Å². The number of amides is 1. The van der Waals surface area contributed by atoms with Gasteiger partial charge in [0, 0.05) is 47.6 Å². The molecular formula is C23H19F2N7O4S. The molecule has 0 spiro atoms. The lowest BCUT2D eigenvalue weighted by Gasteiger charge is -2.20. The maximum Gasteiger partial charge on any atom is 0.387 e. The number of benzene rings is 1. The zero-order valence-corrected chi connectivity index (χ0v) is 19.9. The Balaban J connectivity index is 1.46. The summed E-state index contributed by atoms with van der Waals surface area (Å²) in [4.78, 5) is 30.6. The summed E-state index contributed by atoms with van der Waals surface area (Å²) < 4.78 is 39.5. The number of nitrogens with zero attached hydrogens (tertiary/aromatic N) is 5. The molecule has 1 fully saturated rings. The van der Waals surface area contributed by atoms with Crippen molar-refractivity contribution in [2.75, 3.05) is 29.5 Å². The Labute approximate surface area is 212 Å². The number of esters is 1. The molecule has 0 radical (unpaired) electrons. The number of cyclic esters (lactones) is 1. The number of halogens is 2. The molecule has 0 bridgehead atoms.